The number of aromatic nitrogens is 4. The molecule has 0 radical (unpaired) electrons. The van der Waals surface area contributed by atoms with Crippen LogP contribution in [-0.2, 0) is 30.5 Å². The van der Waals surface area contributed by atoms with Gasteiger partial charge in [-0.25, -0.2) is 22.6 Å². The predicted octanol–water partition coefficient (Wildman–Crippen LogP) is 0.0246. The summed E-state index contributed by atoms with van der Waals surface area (Å²) in [4.78, 5) is 28.4. The minimum Gasteiger partial charge on any atom is -0.296 e. The van der Waals surface area contributed by atoms with Crippen LogP contribution >= 0.6 is 0 Å². The van der Waals surface area contributed by atoms with E-state index in [1.54, 1.807) is 6.07 Å². The Hall–Kier alpha value is -2.75. The number of aryl methyl sites for hydroxylation is 1. The molecule has 8 nitrogen and oxygen atoms in total. The number of hydrogen-bond acceptors (Lipinski definition) is 5. The summed E-state index contributed by atoms with van der Waals surface area (Å²) in [6.45, 7) is -0.188. The van der Waals surface area contributed by atoms with E-state index in [9.17, 15) is 22.4 Å². The molecule has 25 heavy (non-hydrogen) atoms. The van der Waals surface area contributed by atoms with E-state index in [0.29, 0.717) is 0 Å². The number of nitrogens with zero attached hydrogens (tertiary/aromatic N) is 4. The van der Waals surface area contributed by atoms with Gasteiger partial charge in [0.1, 0.15) is 5.82 Å². The first-order valence-electron chi connectivity index (χ1n) is 7.22. The van der Waals surface area contributed by atoms with Crippen LogP contribution in [0, 0.1) is 5.82 Å². The molecular formula is C15H15FN4O4S. The number of halogens is 1. The molecule has 10 heteroatoms. The minimum absolute atomic E-state index is 0.0248. The molecule has 2 aromatic heterocycles. The Kier molecular flexibility index (Phi) is 3.87. The van der Waals surface area contributed by atoms with E-state index >= 15 is 0 Å². The molecule has 0 aliphatic heterocycles. The molecule has 0 fully saturated rings. The van der Waals surface area contributed by atoms with Gasteiger partial charge in [0.2, 0.25) is 15.0 Å². The van der Waals surface area contributed by atoms with Gasteiger partial charge >= 0.3 is 5.69 Å². The number of rotatable bonds is 3. The van der Waals surface area contributed by atoms with E-state index in [1.807, 2.05) is 0 Å². The van der Waals surface area contributed by atoms with Crippen LogP contribution in [0.3, 0.4) is 0 Å². The third-order valence-electron chi connectivity index (χ3n) is 3.92. The van der Waals surface area contributed by atoms with Crippen LogP contribution in [0.1, 0.15) is 5.56 Å². The highest BCUT2D eigenvalue weighted by molar-refractivity contribution is 7.90. The van der Waals surface area contributed by atoms with Crippen LogP contribution in [0.25, 0.3) is 11.2 Å². The maximum atomic E-state index is 14.0. The van der Waals surface area contributed by atoms with E-state index in [-0.39, 0.29) is 23.3 Å². The second kappa shape index (κ2) is 5.66. The van der Waals surface area contributed by atoms with Crippen molar-refractivity contribution in [2.24, 2.45) is 14.1 Å². The van der Waals surface area contributed by atoms with Crippen LogP contribution < -0.4 is 11.2 Å². The second-order valence-corrected chi connectivity index (χ2v) is 7.63. The summed E-state index contributed by atoms with van der Waals surface area (Å²) in [6.07, 6.45) is 0.939. The lowest BCUT2D eigenvalue weighted by Crippen LogP contribution is -2.37. The first kappa shape index (κ1) is 17.1. The van der Waals surface area contributed by atoms with Crippen molar-refractivity contribution in [2.75, 3.05) is 6.26 Å². The summed E-state index contributed by atoms with van der Waals surface area (Å²) in [5.74, 6) is -0.530. The van der Waals surface area contributed by atoms with Gasteiger partial charge in [0.25, 0.3) is 5.56 Å². The summed E-state index contributed by atoms with van der Waals surface area (Å²) >= 11 is 0. The van der Waals surface area contributed by atoms with Gasteiger partial charge in [-0.3, -0.25) is 18.5 Å². The summed E-state index contributed by atoms with van der Waals surface area (Å²) in [5, 5.41) is -0.399. The Morgan fingerprint density at radius 1 is 1.12 bits per heavy atom. The maximum absolute atomic E-state index is 14.0. The Morgan fingerprint density at radius 3 is 2.36 bits per heavy atom. The summed E-state index contributed by atoms with van der Waals surface area (Å²) < 4.78 is 41.4. The third kappa shape index (κ3) is 2.68. The molecule has 3 rings (SSSR count). The van der Waals surface area contributed by atoms with E-state index in [2.05, 4.69) is 4.98 Å². The van der Waals surface area contributed by atoms with E-state index < -0.39 is 32.1 Å². The number of hydrogen-bond donors (Lipinski definition) is 0. The van der Waals surface area contributed by atoms with Gasteiger partial charge in [0.05, 0.1) is 6.54 Å². The Labute approximate surface area is 141 Å². The molecule has 132 valence electrons. The first-order valence-corrected chi connectivity index (χ1v) is 9.11. The van der Waals surface area contributed by atoms with Crippen LogP contribution in [0.15, 0.2) is 39.0 Å². The fourth-order valence-electron chi connectivity index (χ4n) is 2.69. The smallest absolute Gasteiger partial charge is 0.296 e. The Balaban J connectivity index is 2.46. The molecule has 0 saturated carbocycles. The van der Waals surface area contributed by atoms with Crippen molar-refractivity contribution in [1.29, 1.82) is 0 Å². The fraction of sp³-hybridized carbons (Fsp3) is 0.267. The predicted molar refractivity (Wildman–Crippen MR) is 88.8 cm³/mol. The van der Waals surface area contributed by atoms with E-state index in [0.717, 1.165) is 15.4 Å². The molecule has 0 aliphatic rings. The molecule has 0 atom stereocenters. The van der Waals surface area contributed by atoms with Gasteiger partial charge < -0.3 is 0 Å². The summed E-state index contributed by atoms with van der Waals surface area (Å²) in [6, 6.07) is 5.85. The summed E-state index contributed by atoms with van der Waals surface area (Å²) in [7, 11) is -1.15. The molecule has 1 aromatic carbocycles. The molecule has 3 aromatic rings. The zero-order valence-corrected chi connectivity index (χ0v) is 14.5. The monoisotopic (exact) mass is 366 g/mol. The number of imidazole rings is 1. The number of sulfone groups is 1. The highest BCUT2D eigenvalue weighted by Crippen LogP contribution is 2.19. The maximum Gasteiger partial charge on any atom is 0.332 e. The summed E-state index contributed by atoms with van der Waals surface area (Å²) in [5.41, 5.74) is -1.28. The van der Waals surface area contributed by atoms with Crippen LogP contribution in [0.2, 0.25) is 0 Å². The van der Waals surface area contributed by atoms with Crippen molar-refractivity contribution < 1.29 is 12.8 Å². The molecule has 0 amide bonds. The Morgan fingerprint density at radius 2 is 1.76 bits per heavy atom. The fourth-order valence-corrected chi connectivity index (χ4v) is 3.50. The molecule has 0 spiro atoms. The average molecular weight is 366 g/mol. The van der Waals surface area contributed by atoms with Gasteiger partial charge in [-0.15, -0.1) is 0 Å². The van der Waals surface area contributed by atoms with E-state index in [4.69, 9.17) is 0 Å². The highest BCUT2D eigenvalue weighted by Gasteiger charge is 2.25. The molecule has 0 saturated heterocycles. The molecule has 0 bridgehead atoms. The van der Waals surface area contributed by atoms with E-state index in [1.165, 1.54) is 36.9 Å². The van der Waals surface area contributed by atoms with Crippen molar-refractivity contribution in [1.82, 2.24) is 18.7 Å². The number of benzene rings is 1. The SMILES string of the molecule is Cn1c(=O)c2nc(S(C)(=O)=O)n(Cc3ccccc3F)c2n(C)c1=O. The molecule has 2 heterocycles. The highest BCUT2D eigenvalue weighted by atomic mass is 32.2. The van der Waals surface area contributed by atoms with Gasteiger partial charge in [0.15, 0.2) is 11.2 Å². The van der Waals surface area contributed by atoms with Crippen molar-refractivity contribution in [3.05, 3.63) is 56.5 Å². The third-order valence-corrected chi connectivity index (χ3v) is 4.90. The average Bonchev–Trinajstić information content (AvgIpc) is 2.93. The van der Waals surface area contributed by atoms with Gasteiger partial charge in [-0.05, 0) is 6.07 Å². The lowest BCUT2D eigenvalue weighted by atomic mass is 10.2. The van der Waals surface area contributed by atoms with Crippen LogP contribution in [-0.4, -0.2) is 33.4 Å². The van der Waals surface area contributed by atoms with Gasteiger partial charge in [0, 0.05) is 25.9 Å². The lowest BCUT2D eigenvalue weighted by Gasteiger charge is -2.11. The molecule has 0 unspecified atom stereocenters. The first-order chi connectivity index (χ1) is 11.6. The topological polar surface area (TPSA) is 96.0 Å². The van der Waals surface area contributed by atoms with Crippen molar-refractivity contribution in [2.45, 2.75) is 11.7 Å². The normalized spacial score (nSPS) is 12.0. The second-order valence-electron chi connectivity index (χ2n) is 5.72. The minimum atomic E-state index is -3.82. The lowest BCUT2D eigenvalue weighted by molar-refractivity contribution is 0.565. The van der Waals surface area contributed by atoms with Gasteiger partial charge in [-0.1, -0.05) is 18.2 Å². The molecular weight excluding hydrogens is 351 g/mol. The molecule has 0 N–H and O–H groups in total. The zero-order valence-electron chi connectivity index (χ0n) is 13.7. The van der Waals surface area contributed by atoms with Crippen molar-refractivity contribution in [3.8, 4) is 0 Å². The van der Waals surface area contributed by atoms with Crippen molar-refractivity contribution in [3.63, 3.8) is 0 Å². The largest absolute Gasteiger partial charge is 0.332 e. The quantitative estimate of drug-likeness (QED) is 0.651. The van der Waals surface area contributed by atoms with Crippen LogP contribution in [0.5, 0.6) is 0 Å². The van der Waals surface area contributed by atoms with Crippen molar-refractivity contribution >= 4 is 21.0 Å². The van der Waals surface area contributed by atoms with Gasteiger partial charge in [-0.2, -0.15) is 0 Å². The molecule has 0 aliphatic carbocycles. The van der Waals surface area contributed by atoms with Crippen LogP contribution in [0.4, 0.5) is 4.39 Å². The number of fused-ring (bicyclic) bond motifs is 1. The Bertz CT molecular complexity index is 1220. The standard InChI is InChI=1S/C15H15FN4O4S/c1-18-12-11(13(21)19(2)15(18)22)17-14(25(3,23)24)20(12)8-9-6-4-5-7-10(9)16/h4-7H,8H2,1-3H3. The zero-order chi connectivity index (χ0) is 18.5.